The molecule has 0 aliphatic heterocycles. The second kappa shape index (κ2) is 5.38. The molecule has 18 heavy (non-hydrogen) atoms. The number of nitrogens with two attached hydrogens (primary N) is 1. The van der Waals surface area contributed by atoms with E-state index < -0.39 is 11.9 Å². The van der Waals surface area contributed by atoms with Crippen molar-refractivity contribution in [2.24, 2.45) is 5.73 Å². The van der Waals surface area contributed by atoms with Crippen molar-refractivity contribution in [2.75, 3.05) is 7.11 Å². The standard InChI is InChI=1S/C14H13ClFNO/c1-18-13-7-6-9(8-12(13)16)14(17)10-4-2-3-5-11(10)15/h2-8,14H,17H2,1H3. The Bertz CT molecular complexity index is 559. The minimum atomic E-state index is -0.459. The van der Waals surface area contributed by atoms with Gasteiger partial charge in [-0.25, -0.2) is 4.39 Å². The Labute approximate surface area is 110 Å². The molecule has 0 heterocycles. The summed E-state index contributed by atoms with van der Waals surface area (Å²) in [5.41, 5.74) is 7.51. The molecule has 2 aromatic rings. The molecule has 0 saturated heterocycles. The van der Waals surface area contributed by atoms with Gasteiger partial charge in [0.25, 0.3) is 0 Å². The van der Waals surface area contributed by atoms with E-state index in [0.717, 1.165) is 5.56 Å². The topological polar surface area (TPSA) is 35.2 Å². The van der Waals surface area contributed by atoms with Crippen LogP contribution in [0.25, 0.3) is 0 Å². The molecule has 0 amide bonds. The van der Waals surface area contributed by atoms with Gasteiger partial charge >= 0.3 is 0 Å². The lowest BCUT2D eigenvalue weighted by molar-refractivity contribution is 0.386. The van der Waals surface area contributed by atoms with Crippen molar-refractivity contribution >= 4 is 11.6 Å². The van der Waals surface area contributed by atoms with Crippen LogP contribution in [-0.4, -0.2) is 7.11 Å². The van der Waals surface area contributed by atoms with E-state index in [-0.39, 0.29) is 5.75 Å². The zero-order valence-electron chi connectivity index (χ0n) is 9.86. The predicted octanol–water partition coefficient (Wildman–Crippen LogP) is 3.54. The first-order valence-electron chi connectivity index (χ1n) is 5.47. The molecule has 0 saturated carbocycles. The van der Waals surface area contributed by atoms with Crippen LogP contribution in [0, 0.1) is 5.82 Å². The lowest BCUT2D eigenvalue weighted by Crippen LogP contribution is -2.12. The van der Waals surface area contributed by atoms with Crippen molar-refractivity contribution in [3.63, 3.8) is 0 Å². The number of hydrogen-bond acceptors (Lipinski definition) is 2. The van der Waals surface area contributed by atoms with Gasteiger partial charge in [0, 0.05) is 5.02 Å². The molecule has 1 atom stereocenters. The zero-order valence-corrected chi connectivity index (χ0v) is 10.6. The lowest BCUT2D eigenvalue weighted by atomic mass is 9.99. The summed E-state index contributed by atoms with van der Waals surface area (Å²) in [5.74, 6) is -0.234. The average molecular weight is 266 g/mol. The van der Waals surface area contributed by atoms with Gasteiger partial charge < -0.3 is 10.5 Å². The number of rotatable bonds is 3. The monoisotopic (exact) mass is 265 g/mol. The summed E-state index contributed by atoms with van der Waals surface area (Å²) in [6, 6.07) is 11.5. The molecule has 0 aromatic heterocycles. The van der Waals surface area contributed by atoms with Crippen molar-refractivity contribution in [1.82, 2.24) is 0 Å². The maximum atomic E-state index is 13.6. The zero-order chi connectivity index (χ0) is 13.1. The summed E-state index contributed by atoms with van der Waals surface area (Å²) in [5, 5.41) is 0.571. The van der Waals surface area contributed by atoms with E-state index in [1.807, 2.05) is 18.2 Å². The van der Waals surface area contributed by atoms with Gasteiger partial charge in [0.1, 0.15) is 0 Å². The van der Waals surface area contributed by atoms with Crippen molar-refractivity contribution < 1.29 is 9.13 Å². The summed E-state index contributed by atoms with van der Waals surface area (Å²) in [4.78, 5) is 0. The third-order valence-corrected chi connectivity index (χ3v) is 3.12. The fourth-order valence-corrected chi connectivity index (χ4v) is 2.04. The molecule has 2 rings (SSSR count). The highest BCUT2D eigenvalue weighted by molar-refractivity contribution is 6.31. The molecule has 0 aliphatic carbocycles. The van der Waals surface area contributed by atoms with Gasteiger partial charge in [-0.2, -0.15) is 0 Å². The third kappa shape index (κ3) is 2.47. The Morgan fingerprint density at radius 3 is 2.56 bits per heavy atom. The van der Waals surface area contributed by atoms with Crippen LogP contribution in [0.15, 0.2) is 42.5 Å². The maximum absolute atomic E-state index is 13.6. The molecule has 2 nitrogen and oxygen atoms in total. The number of hydrogen-bond donors (Lipinski definition) is 1. The van der Waals surface area contributed by atoms with Gasteiger partial charge in [0.15, 0.2) is 11.6 Å². The van der Waals surface area contributed by atoms with E-state index >= 15 is 0 Å². The highest BCUT2D eigenvalue weighted by Crippen LogP contribution is 2.28. The smallest absolute Gasteiger partial charge is 0.165 e. The van der Waals surface area contributed by atoms with Gasteiger partial charge in [-0.3, -0.25) is 0 Å². The number of halogens is 2. The molecule has 0 spiro atoms. The first kappa shape index (κ1) is 12.9. The van der Waals surface area contributed by atoms with Crippen LogP contribution in [0.3, 0.4) is 0 Å². The van der Waals surface area contributed by atoms with Crippen molar-refractivity contribution in [1.29, 1.82) is 0 Å². The van der Waals surface area contributed by atoms with Crippen LogP contribution in [0.5, 0.6) is 5.75 Å². The Morgan fingerprint density at radius 2 is 1.94 bits per heavy atom. The summed E-state index contributed by atoms with van der Waals surface area (Å²) >= 11 is 6.07. The molecule has 1 unspecified atom stereocenters. The molecular formula is C14H13ClFNO. The van der Waals surface area contributed by atoms with E-state index in [9.17, 15) is 4.39 Å². The maximum Gasteiger partial charge on any atom is 0.165 e. The molecule has 4 heteroatoms. The number of benzene rings is 2. The van der Waals surface area contributed by atoms with Gasteiger partial charge in [-0.05, 0) is 29.3 Å². The van der Waals surface area contributed by atoms with Crippen LogP contribution < -0.4 is 10.5 Å². The Balaban J connectivity index is 2.37. The van der Waals surface area contributed by atoms with Crippen molar-refractivity contribution in [3.8, 4) is 5.75 Å². The quantitative estimate of drug-likeness (QED) is 0.921. The molecule has 0 fully saturated rings. The van der Waals surface area contributed by atoms with Crippen LogP contribution in [0.4, 0.5) is 4.39 Å². The molecule has 94 valence electrons. The SMILES string of the molecule is COc1ccc(C(N)c2ccccc2Cl)cc1F. The predicted molar refractivity (Wildman–Crippen MR) is 70.4 cm³/mol. The summed E-state index contributed by atoms with van der Waals surface area (Å²) in [6.45, 7) is 0. The van der Waals surface area contributed by atoms with Crippen molar-refractivity contribution in [2.45, 2.75) is 6.04 Å². The highest BCUT2D eigenvalue weighted by Gasteiger charge is 2.14. The fraction of sp³-hybridized carbons (Fsp3) is 0.143. The average Bonchev–Trinajstić information content (AvgIpc) is 2.38. The Morgan fingerprint density at radius 1 is 1.22 bits per heavy atom. The fourth-order valence-electron chi connectivity index (χ4n) is 1.78. The third-order valence-electron chi connectivity index (χ3n) is 2.78. The Kier molecular flexibility index (Phi) is 3.84. The van der Waals surface area contributed by atoms with Gasteiger partial charge in [-0.1, -0.05) is 35.9 Å². The molecule has 2 aromatic carbocycles. The minimum Gasteiger partial charge on any atom is -0.494 e. The van der Waals surface area contributed by atoms with Gasteiger partial charge in [0.05, 0.1) is 13.2 Å². The second-order valence-electron chi connectivity index (χ2n) is 3.89. The molecule has 0 radical (unpaired) electrons. The normalized spacial score (nSPS) is 12.2. The summed E-state index contributed by atoms with van der Waals surface area (Å²) in [6.07, 6.45) is 0. The second-order valence-corrected chi connectivity index (χ2v) is 4.30. The lowest BCUT2D eigenvalue weighted by Gasteiger charge is -2.15. The van der Waals surface area contributed by atoms with E-state index in [4.69, 9.17) is 22.1 Å². The van der Waals surface area contributed by atoms with Crippen molar-refractivity contribution in [3.05, 3.63) is 64.4 Å². The number of ether oxygens (including phenoxy) is 1. The van der Waals surface area contributed by atoms with Crippen LogP contribution in [0.1, 0.15) is 17.2 Å². The van der Waals surface area contributed by atoms with Crippen LogP contribution >= 0.6 is 11.6 Å². The molecular weight excluding hydrogens is 253 g/mol. The first-order valence-corrected chi connectivity index (χ1v) is 5.84. The van der Waals surface area contributed by atoms with Gasteiger partial charge in [-0.15, -0.1) is 0 Å². The molecule has 0 aliphatic rings. The first-order chi connectivity index (χ1) is 8.63. The van der Waals surface area contributed by atoms with Crippen LogP contribution in [0.2, 0.25) is 5.02 Å². The van der Waals surface area contributed by atoms with E-state index in [1.165, 1.54) is 13.2 Å². The number of methoxy groups -OCH3 is 1. The van der Waals surface area contributed by atoms with E-state index in [2.05, 4.69) is 0 Å². The Hall–Kier alpha value is -1.58. The van der Waals surface area contributed by atoms with Crippen LogP contribution in [-0.2, 0) is 0 Å². The summed E-state index contributed by atoms with van der Waals surface area (Å²) < 4.78 is 18.5. The highest BCUT2D eigenvalue weighted by atomic mass is 35.5. The molecule has 2 N–H and O–H groups in total. The minimum absolute atomic E-state index is 0.199. The van der Waals surface area contributed by atoms with E-state index in [1.54, 1.807) is 18.2 Å². The summed E-state index contributed by atoms with van der Waals surface area (Å²) in [7, 11) is 1.42. The van der Waals surface area contributed by atoms with Gasteiger partial charge in [0.2, 0.25) is 0 Å². The van der Waals surface area contributed by atoms with E-state index in [0.29, 0.717) is 10.6 Å². The molecule has 0 bridgehead atoms. The largest absolute Gasteiger partial charge is 0.494 e.